The lowest BCUT2D eigenvalue weighted by molar-refractivity contribution is 0.593. The highest BCUT2D eigenvalue weighted by Gasteiger charge is 2.23. The summed E-state index contributed by atoms with van der Waals surface area (Å²) >= 11 is 3.52. The Hall–Kier alpha value is -2.85. The van der Waals surface area contributed by atoms with Gasteiger partial charge in [-0.05, 0) is 65.9 Å². The fourth-order valence-corrected chi connectivity index (χ4v) is 4.14. The van der Waals surface area contributed by atoms with Crippen molar-refractivity contribution in [2.75, 3.05) is 0 Å². The first-order valence-electron chi connectivity index (χ1n) is 9.64. The molecule has 0 aliphatic heterocycles. The number of aryl methyl sites for hydroxylation is 1. The fourth-order valence-electron chi connectivity index (χ4n) is 3.88. The number of hydrogen-bond donors (Lipinski definition) is 0. The molecule has 0 bridgehead atoms. The molecule has 29 heavy (non-hydrogen) atoms. The smallest absolute Gasteiger partial charge is 0.118 e. The third-order valence-electron chi connectivity index (χ3n) is 5.43. The molecule has 4 rings (SSSR count). The van der Waals surface area contributed by atoms with Crippen LogP contribution < -0.4 is 0 Å². The third kappa shape index (κ3) is 4.28. The Bertz CT molecular complexity index is 1140. The first-order valence-corrected chi connectivity index (χ1v) is 10.4. The van der Waals surface area contributed by atoms with E-state index in [0.717, 1.165) is 20.9 Å². The number of hydrogen-bond acceptors (Lipinski definition) is 3. The van der Waals surface area contributed by atoms with Crippen molar-refractivity contribution in [1.29, 1.82) is 0 Å². The number of halogens is 1. The maximum atomic E-state index is 11.9. The Morgan fingerprint density at radius 3 is 2.45 bits per heavy atom. The first kappa shape index (κ1) is 19.5. The van der Waals surface area contributed by atoms with E-state index in [2.05, 4.69) is 63.3 Å². The van der Waals surface area contributed by atoms with Crippen molar-refractivity contribution < 1.29 is 0 Å². The summed E-state index contributed by atoms with van der Waals surface area (Å²) in [5.41, 5.74) is 5.47. The van der Waals surface area contributed by atoms with Gasteiger partial charge in [-0.25, -0.2) is 0 Å². The zero-order chi connectivity index (χ0) is 20.2. The van der Waals surface area contributed by atoms with Gasteiger partial charge >= 0.3 is 0 Å². The van der Waals surface area contributed by atoms with E-state index >= 15 is 0 Å². The molecule has 0 fully saturated rings. The topological polar surface area (TPSA) is 42.3 Å². The number of rotatable bonds is 6. The summed E-state index contributed by atoms with van der Waals surface area (Å²) in [7, 11) is 0. The van der Waals surface area contributed by atoms with Crippen LogP contribution in [0.2, 0.25) is 0 Å². The number of fused-ring (bicyclic) bond motifs is 1. The molecule has 3 nitrogen and oxygen atoms in total. The van der Waals surface area contributed by atoms with Gasteiger partial charge in [0.05, 0.1) is 5.52 Å². The molecule has 144 valence electrons. The molecule has 2 atom stereocenters. The molecule has 0 radical (unpaired) electrons. The van der Waals surface area contributed by atoms with Gasteiger partial charge < -0.3 is 0 Å². The van der Waals surface area contributed by atoms with Crippen LogP contribution >= 0.6 is 15.9 Å². The molecule has 0 N–H and O–H groups in total. The molecule has 1 heterocycles. The van der Waals surface area contributed by atoms with Crippen LogP contribution in [0.3, 0.4) is 0 Å². The van der Waals surface area contributed by atoms with Crippen LogP contribution in [-0.4, -0.2) is 4.98 Å². The molecule has 0 amide bonds. The number of aromatic nitrogens is 1. The number of pyridine rings is 1. The van der Waals surface area contributed by atoms with Crippen LogP contribution in [0, 0.1) is 11.8 Å². The van der Waals surface area contributed by atoms with Gasteiger partial charge in [0, 0.05) is 22.0 Å². The molecule has 4 aromatic rings. The van der Waals surface area contributed by atoms with Gasteiger partial charge in [-0.3, -0.25) is 4.98 Å². The minimum atomic E-state index is -0.437. The number of benzene rings is 3. The second kappa shape index (κ2) is 8.66. The molecule has 1 aromatic heterocycles. The quantitative estimate of drug-likeness (QED) is 0.292. The summed E-state index contributed by atoms with van der Waals surface area (Å²) in [5.74, 6) is 0.0802. The second-order valence-corrected chi connectivity index (χ2v) is 8.19. The summed E-state index contributed by atoms with van der Waals surface area (Å²) in [6.45, 7) is 2.12. The van der Waals surface area contributed by atoms with Crippen LogP contribution in [0.4, 0.5) is 0 Å². The number of nitroso groups, excluding NO2 is 1. The summed E-state index contributed by atoms with van der Waals surface area (Å²) in [5, 5.41) is 4.55. The molecule has 2 unspecified atom stereocenters. The molecule has 0 spiro atoms. The summed E-state index contributed by atoms with van der Waals surface area (Å²) in [6.07, 6.45) is 2.39. The van der Waals surface area contributed by atoms with E-state index in [1.807, 2.05) is 48.5 Å². The van der Waals surface area contributed by atoms with E-state index in [1.165, 1.54) is 16.7 Å². The van der Waals surface area contributed by atoms with Crippen LogP contribution in [-0.2, 0) is 0 Å². The van der Waals surface area contributed by atoms with Crippen LogP contribution in [0.25, 0.3) is 10.9 Å². The van der Waals surface area contributed by atoms with Gasteiger partial charge in [-0.1, -0.05) is 69.6 Å². The van der Waals surface area contributed by atoms with E-state index in [1.54, 1.807) is 6.20 Å². The molecule has 0 saturated carbocycles. The highest BCUT2D eigenvalue weighted by atomic mass is 79.9. The number of nitrogens with zero attached hydrogens (tertiary/aromatic N) is 2. The minimum Gasteiger partial charge on any atom is -0.256 e. The molecule has 0 aliphatic carbocycles. The van der Waals surface area contributed by atoms with Crippen molar-refractivity contribution in [1.82, 2.24) is 4.98 Å². The van der Waals surface area contributed by atoms with Gasteiger partial charge in [-0.15, -0.1) is 0 Å². The summed E-state index contributed by atoms with van der Waals surface area (Å²) in [6, 6.07) is 26.1. The van der Waals surface area contributed by atoms with Gasteiger partial charge in [-0.2, -0.15) is 4.91 Å². The van der Waals surface area contributed by atoms with Crippen LogP contribution in [0.15, 0.2) is 94.7 Å². The van der Waals surface area contributed by atoms with Crippen molar-refractivity contribution in [2.45, 2.75) is 25.3 Å². The maximum Gasteiger partial charge on any atom is 0.118 e. The average molecular weight is 445 g/mol. The Labute approximate surface area is 178 Å². The highest BCUT2D eigenvalue weighted by Crippen LogP contribution is 2.38. The molecule has 0 aliphatic rings. The molecule has 3 aromatic carbocycles. The van der Waals surface area contributed by atoms with Gasteiger partial charge in [0.25, 0.3) is 0 Å². The Balaban J connectivity index is 1.74. The fraction of sp³-hybridized carbons (Fsp3) is 0.160. The minimum absolute atomic E-state index is 0.0802. The maximum absolute atomic E-state index is 11.9. The summed E-state index contributed by atoms with van der Waals surface area (Å²) < 4.78 is 1.04. The first-order chi connectivity index (χ1) is 14.2. The van der Waals surface area contributed by atoms with Crippen molar-refractivity contribution in [2.24, 2.45) is 5.18 Å². The molecule has 4 heteroatoms. The third-order valence-corrected chi connectivity index (χ3v) is 5.96. The predicted molar refractivity (Wildman–Crippen MR) is 122 cm³/mol. The zero-order valence-electron chi connectivity index (χ0n) is 16.1. The van der Waals surface area contributed by atoms with E-state index in [-0.39, 0.29) is 5.92 Å². The lowest BCUT2D eigenvalue weighted by Crippen LogP contribution is -2.08. The highest BCUT2D eigenvalue weighted by molar-refractivity contribution is 9.10. The van der Waals surface area contributed by atoms with E-state index in [0.29, 0.717) is 6.42 Å². The van der Waals surface area contributed by atoms with Gasteiger partial charge in [0.2, 0.25) is 0 Å². The Morgan fingerprint density at radius 2 is 1.69 bits per heavy atom. The summed E-state index contributed by atoms with van der Waals surface area (Å²) in [4.78, 5) is 16.3. The van der Waals surface area contributed by atoms with E-state index in [9.17, 15) is 4.91 Å². The van der Waals surface area contributed by atoms with E-state index < -0.39 is 6.04 Å². The van der Waals surface area contributed by atoms with Crippen molar-refractivity contribution in [3.05, 3.63) is 117 Å². The lowest BCUT2D eigenvalue weighted by atomic mass is 9.82. The van der Waals surface area contributed by atoms with Crippen molar-refractivity contribution in [3.63, 3.8) is 0 Å². The average Bonchev–Trinajstić information content (AvgIpc) is 2.76. The SMILES string of the molecule is Cc1ccccc1C(CC(N=O)c1ccc2ncccc2c1)c1ccc(Br)cc1. The van der Waals surface area contributed by atoms with Gasteiger partial charge in [0.15, 0.2) is 0 Å². The monoisotopic (exact) mass is 444 g/mol. The van der Waals surface area contributed by atoms with Crippen molar-refractivity contribution in [3.8, 4) is 0 Å². The normalized spacial score (nSPS) is 13.2. The predicted octanol–water partition coefficient (Wildman–Crippen LogP) is 7.34. The van der Waals surface area contributed by atoms with Crippen molar-refractivity contribution >= 4 is 26.8 Å². The lowest BCUT2D eigenvalue weighted by Gasteiger charge is -2.23. The van der Waals surface area contributed by atoms with Crippen LogP contribution in [0.1, 0.15) is 40.6 Å². The standard InChI is InChI=1S/C25H21BrN2O/c1-17-5-2-3-7-22(17)23(18-8-11-21(26)12-9-18)16-25(28-29)20-10-13-24-19(15-20)6-4-14-27-24/h2-15,23,25H,16H2,1H3. The Morgan fingerprint density at radius 1 is 0.931 bits per heavy atom. The Kier molecular flexibility index (Phi) is 5.81. The molecule has 0 saturated heterocycles. The zero-order valence-corrected chi connectivity index (χ0v) is 17.7. The second-order valence-electron chi connectivity index (χ2n) is 7.27. The van der Waals surface area contributed by atoms with Crippen LogP contribution in [0.5, 0.6) is 0 Å². The largest absolute Gasteiger partial charge is 0.256 e. The molecular formula is C25H21BrN2O. The van der Waals surface area contributed by atoms with E-state index in [4.69, 9.17) is 0 Å². The molecular weight excluding hydrogens is 424 g/mol. The van der Waals surface area contributed by atoms with Gasteiger partial charge in [0.1, 0.15) is 6.04 Å².